The van der Waals surface area contributed by atoms with Crippen LogP contribution in [0, 0.1) is 11.8 Å². The van der Waals surface area contributed by atoms with Gasteiger partial charge in [-0.1, -0.05) is 12.1 Å². The summed E-state index contributed by atoms with van der Waals surface area (Å²) in [4.78, 5) is 14.2. The van der Waals surface area contributed by atoms with Gasteiger partial charge < -0.3 is 15.0 Å². The summed E-state index contributed by atoms with van der Waals surface area (Å²) in [5, 5.41) is 3.30. The smallest absolute Gasteiger partial charge is 0.387 e. The van der Waals surface area contributed by atoms with Crippen LogP contribution in [-0.4, -0.2) is 43.6 Å². The molecule has 4 nitrogen and oxygen atoms in total. The van der Waals surface area contributed by atoms with Crippen molar-refractivity contribution in [3.8, 4) is 5.75 Å². The molecule has 2 aliphatic heterocycles. The summed E-state index contributed by atoms with van der Waals surface area (Å²) in [7, 11) is 0. The van der Waals surface area contributed by atoms with Crippen molar-refractivity contribution in [1.82, 2.24) is 10.2 Å². The number of alkyl halides is 2. The lowest BCUT2D eigenvalue weighted by molar-refractivity contribution is -0.0502. The van der Waals surface area contributed by atoms with Gasteiger partial charge in [0.25, 0.3) is 5.91 Å². The lowest BCUT2D eigenvalue weighted by atomic mass is 10.0. The average molecular weight is 282 g/mol. The zero-order valence-corrected chi connectivity index (χ0v) is 10.9. The molecule has 2 atom stereocenters. The molecule has 108 valence electrons. The Bertz CT molecular complexity index is 498. The van der Waals surface area contributed by atoms with E-state index in [0.717, 1.165) is 13.1 Å². The Morgan fingerprint density at radius 3 is 2.55 bits per heavy atom. The van der Waals surface area contributed by atoms with Gasteiger partial charge in [-0.2, -0.15) is 8.78 Å². The molecule has 3 rings (SSSR count). The zero-order valence-electron chi connectivity index (χ0n) is 10.9. The number of hydrogen-bond donors (Lipinski definition) is 1. The zero-order chi connectivity index (χ0) is 14.1. The van der Waals surface area contributed by atoms with Crippen LogP contribution in [0.1, 0.15) is 10.4 Å². The first-order valence-electron chi connectivity index (χ1n) is 6.69. The van der Waals surface area contributed by atoms with E-state index in [2.05, 4.69) is 10.1 Å². The lowest BCUT2D eigenvalue weighted by Crippen LogP contribution is -2.32. The number of amides is 1. The number of carbonyl (C=O) groups excluding carboxylic acids is 1. The maximum Gasteiger partial charge on any atom is 0.387 e. The number of nitrogens with zero attached hydrogens (tertiary/aromatic N) is 1. The highest BCUT2D eigenvalue weighted by atomic mass is 19.3. The predicted octanol–water partition coefficient (Wildman–Crippen LogP) is 1.58. The van der Waals surface area contributed by atoms with Crippen molar-refractivity contribution in [2.24, 2.45) is 11.8 Å². The number of halogens is 2. The molecule has 2 aliphatic rings. The monoisotopic (exact) mass is 282 g/mol. The molecular weight excluding hydrogens is 266 g/mol. The molecule has 0 aliphatic carbocycles. The number of likely N-dealkylation sites (tertiary alicyclic amines) is 1. The standard InChI is InChI=1S/C14H16F2N2O2/c15-14(16)20-12-4-2-1-3-11(12)13(19)18-7-9-5-17-6-10(9)8-18/h1-4,9-10,14,17H,5-8H2/t9-,10+. The third-order valence-corrected chi connectivity index (χ3v) is 4.01. The van der Waals surface area contributed by atoms with Crippen molar-refractivity contribution in [2.45, 2.75) is 6.61 Å². The Morgan fingerprint density at radius 1 is 1.25 bits per heavy atom. The van der Waals surface area contributed by atoms with E-state index >= 15 is 0 Å². The molecule has 6 heteroatoms. The number of para-hydroxylation sites is 1. The average Bonchev–Trinajstić information content (AvgIpc) is 2.98. The van der Waals surface area contributed by atoms with Crippen molar-refractivity contribution in [2.75, 3.05) is 26.2 Å². The molecule has 0 bridgehead atoms. The van der Waals surface area contributed by atoms with Gasteiger partial charge in [-0.25, -0.2) is 0 Å². The molecular formula is C14H16F2N2O2. The van der Waals surface area contributed by atoms with Gasteiger partial charge >= 0.3 is 6.61 Å². The third kappa shape index (κ3) is 2.47. The van der Waals surface area contributed by atoms with Crippen LogP contribution < -0.4 is 10.1 Å². The fourth-order valence-corrected chi connectivity index (χ4v) is 3.03. The van der Waals surface area contributed by atoms with Crippen LogP contribution in [0.4, 0.5) is 8.78 Å². The number of ether oxygens (including phenoxy) is 1. The van der Waals surface area contributed by atoms with E-state index in [1.54, 1.807) is 17.0 Å². The van der Waals surface area contributed by atoms with Gasteiger partial charge in [-0.05, 0) is 24.0 Å². The highest BCUT2D eigenvalue weighted by molar-refractivity contribution is 5.97. The van der Waals surface area contributed by atoms with Gasteiger partial charge in [-0.15, -0.1) is 0 Å². The first kappa shape index (κ1) is 13.3. The van der Waals surface area contributed by atoms with Gasteiger partial charge in [-0.3, -0.25) is 4.79 Å². The quantitative estimate of drug-likeness (QED) is 0.915. The summed E-state index contributed by atoms with van der Waals surface area (Å²) in [5.74, 6) is 0.669. The van der Waals surface area contributed by atoms with Crippen LogP contribution >= 0.6 is 0 Å². The molecule has 0 radical (unpaired) electrons. The van der Waals surface area contributed by atoms with Crippen molar-refractivity contribution >= 4 is 5.91 Å². The molecule has 2 heterocycles. The van der Waals surface area contributed by atoms with E-state index in [1.807, 2.05) is 0 Å². The molecule has 1 amide bonds. The molecule has 1 aromatic carbocycles. The summed E-state index contributed by atoms with van der Waals surface area (Å²) in [6.07, 6.45) is 0. The minimum absolute atomic E-state index is 0.0531. The van der Waals surface area contributed by atoms with Crippen molar-refractivity contribution < 1.29 is 18.3 Å². The van der Waals surface area contributed by atoms with Crippen LogP contribution in [-0.2, 0) is 0 Å². The van der Waals surface area contributed by atoms with Crippen molar-refractivity contribution in [1.29, 1.82) is 0 Å². The van der Waals surface area contributed by atoms with Crippen molar-refractivity contribution in [3.05, 3.63) is 29.8 Å². The maximum atomic E-state index is 12.5. The fourth-order valence-electron chi connectivity index (χ4n) is 3.03. The summed E-state index contributed by atoms with van der Waals surface area (Å²) in [6.45, 7) is 0.276. The van der Waals surface area contributed by atoms with Crippen LogP contribution in [0.15, 0.2) is 24.3 Å². The van der Waals surface area contributed by atoms with E-state index < -0.39 is 6.61 Å². The molecule has 20 heavy (non-hydrogen) atoms. The Kier molecular flexibility index (Phi) is 3.56. The van der Waals surface area contributed by atoms with Crippen LogP contribution in [0.5, 0.6) is 5.75 Å². The molecule has 2 fully saturated rings. The number of nitrogens with one attached hydrogen (secondary N) is 1. The van der Waals surface area contributed by atoms with Crippen LogP contribution in [0.3, 0.4) is 0 Å². The molecule has 2 saturated heterocycles. The SMILES string of the molecule is O=C(c1ccccc1OC(F)F)N1C[C@H]2CNC[C@H]2C1. The topological polar surface area (TPSA) is 41.6 Å². The second kappa shape index (κ2) is 5.36. The van der Waals surface area contributed by atoms with Gasteiger partial charge in [0.05, 0.1) is 5.56 Å². The van der Waals surface area contributed by atoms with Gasteiger partial charge in [0.1, 0.15) is 5.75 Å². The second-order valence-electron chi connectivity index (χ2n) is 5.26. The molecule has 1 N–H and O–H groups in total. The summed E-state index contributed by atoms with van der Waals surface area (Å²) in [6, 6.07) is 6.17. The largest absolute Gasteiger partial charge is 0.434 e. The summed E-state index contributed by atoms with van der Waals surface area (Å²) in [5.41, 5.74) is 0.209. The van der Waals surface area contributed by atoms with Gasteiger partial charge in [0.2, 0.25) is 0 Å². The molecule has 1 aromatic rings. The van der Waals surface area contributed by atoms with E-state index in [4.69, 9.17) is 0 Å². The first-order valence-corrected chi connectivity index (χ1v) is 6.69. The Labute approximate surface area is 115 Å². The highest BCUT2D eigenvalue weighted by Crippen LogP contribution is 2.29. The molecule has 0 unspecified atom stereocenters. The molecule has 0 spiro atoms. The lowest BCUT2D eigenvalue weighted by Gasteiger charge is -2.19. The highest BCUT2D eigenvalue weighted by Gasteiger charge is 2.38. The number of carbonyl (C=O) groups is 1. The predicted molar refractivity (Wildman–Crippen MR) is 68.8 cm³/mol. The summed E-state index contributed by atoms with van der Waals surface area (Å²) < 4.78 is 29.2. The fraction of sp³-hybridized carbons (Fsp3) is 0.500. The van der Waals surface area contributed by atoms with E-state index in [-0.39, 0.29) is 17.2 Å². The minimum atomic E-state index is -2.92. The van der Waals surface area contributed by atoms with E-state index in [1.165, 1.54) is 12.1 Å². The number of fused-ring (bicyclic) bond motifs is 1. The minimum Gasteiger partial charge on any atom is -0.434 e. The molecule has 0 saturated carbocycles. The van der Waals surface area contributed by atoms with Gasteiger partial charge in [0, 0.05) is 26.2 Å². The molecule has 0 aromatic heterocycles. The number of rotatable bonds is 3. The number of benzene rings is 1. The second-order valence-corrected chi connectivity index (χ2v) is 5.26. The normalized spacial score (nSPS) is 25.1. The summed E-state index contributed by atoms with van der Waals surface area (Å²) >= 11 is 0. The van der Waals surface area contributed by atoms with E-state index in [0.29, 0.717) is 24.9 Å². The van der Waals surface area contributed by atoms with Crippen molar-refractivity contribution in [3.63, 3.8) is 0 Å². The maximum absolute atomic E-state index is 12.5. The Balaban J connectivity index is 1.77. The van der Waals surface area contributed by atoms with Crippen LogP contribution in [0.25, 0.3) is 0 Å². The van der Waals surface area contributed by atoms with E-state index in [9.17, 15) is 13.6 Å². The third-order valence-electron chi connectivity index (χ3n) is 4.01. The Hall–Kier alpha value is -1.69. The Morgan fingerprint density at radius 2 is 1.90 bits per heavy atom. The van der Waals surface area contributed by atoms with Crippen LogP contribution in [0.2, 0.25) is 0 Å². The van der Waals surface area contributed by atoms with Gasteiger partial charge in [0.15, 0.2) is 0 Å². The number of hydrogen-bond acceptors (Lipinski definition) is 3. The first-order chi connectivity index (χ1) is 9.65.